The van der Waals surface area contributed by atoms with E-state index in [1.165, 1.54) is 4.90 Å². The minimum Gasteiger partial charge on any atom is -0.445 e. The molecule has 0 N–H and O–H groups in total. The van der Waals surface area contributed by atoms with Crippen molar-refractivity contribution in [2.24, 2.45) is 5.92 Å². The van der Waals surface area contributed by atoms with Crippen LogP contribution in [0, 0.1) is 5.92 Å². The van der Waals surface area contributed by atoms with Gasteiger partial charge in [0.25, 0.3) is 0 Å². The van der Waals surface area contributed by atoms with Crippen molar-refractivity contribution in [3.05, 3.63) is 35.9 Å². The van der Waals surface area contributed by atoms with Crippen molar-refractivity contribution in [1.82, 2.24) is 4.90 Å². The highest BCUT2D eigenvalue weighted by atomic mass is 35.5. The van der Waals surface area contributed by atoms with Crippen molar-refractivity contribution in [2.45, 2.75) is 23.4 Å². The summed E-state index contributed by atoms with van der Waals surface area (Å²) in [6, 6.07) is 8.94. The van der Waals surface area contributed by atoms with Crippen LogP contribution in [0.15, 0.2) is 30.3 Å². The second-order valence-corrected chi connectivity index (χ2v) is 6.45. The Morgan fingerprint density at radius 2 is 2.05 bits per heavy atom. The zero-order chi connectivity index (χ0) is 14.3. The van der Waals surface area contributed by atoms with Gasteiger partial charge in [-0.05, 0) is 12.0 Å². The number of hydrogen-bond acceptors (Lipinski definition) is 3. The minimum atomic E-state index is -1.48. The molecule has 2 atom stereocenters. The van der Waals surface area contributed by atoms with Crippen molar-refractivity contribution in [1.29, 1.82) is 0 Å². The molecule has 20 heavy (non-hydrogen) atoms. The predicted molar refractivity (Wildman–Crippen MR) is 74.7 cm³/mol. The fourth-order valence-electron chi connectivity index (χ4n) is 2.82. The van der Waals surface area contributed by atoms with Gasteiger partial charge in [0.2, 0.25) is 0 Å². The Labute approximate surface area is 126 Å². The van der Waals surface area contributed by atoms with E-state index in [1.54, 1.807) is 0 Å². The van der Waals surface area contributed by atoms with Gasteiger partial charge in [-0.1, -0.05) is 53.5 Å². The van der Waals surface area contributed by atoms with Gasteiger partial charge in [0.15, 0.2) is 10.1 Å². The number of nitrogens with zero attached hydrogens (tertiary/aromatic N) is 1. The number of Topliss-reactive ketones (excluding diaryl/α,β-unsaturated/α-hetero) is 1. The molecule has 0 bridgehead atoms. The Morgan fingerprint density at radius 1 is 1.35 bits per heavy atom. The number of hydrogen-bond donors (Lipinski definition) is 0. The molecule has 1 amide bonds. The van der Waals surface area contributed by atoms with Crippen LogP contribution in [0.3, 0.4) is 0 Å². The highest BCUT2D eigenvalue weighted by molar-refractivity contribution is 6.61. The summed E-state index contributed by atoms with van der Waals surface area (Å²) in [5, 5.41) is 0. The Balaban J connectivity index is 1.63. The highest BCUT2D eigenvalue weighted by Crippen LogP contribution is 2.51. The van der Waals surface area contributed by atoms with E-state index in [1.807, 2.05) is 30.3 Å². The smallest absolute Gasteiger partial charge is 0.410 e. The number of rotatable bonds is 2. The summed E-state index contributed by atoms with van der Waals surface area (Å²) in [7, 11) is 0. The lowest BCUT2D eigenvalue weighted by Gasteiger charge is -2.44. The number of fused-ring (bicyclic) bond motifs is 1. The fourth-order valence-corrected chi connectivity index (χ4v) is 3.64. The Bertz CT molecular complexity index is 547. The van der Waals surface area contributed by atoms with Gasteiger partial charge < -0.3 is 9.64 Å². The van der Waals surface area contributed by atoms with Crippen molar-refractivity contribution in [3.63, 3.8) is 0 Å². The van der Waals surface area contributed by atoms with Gasteiger partial charge in [-0.3, -0.25) is 4.79 Å². The van der Waals surface area contributed by atoms with Crippen LogP contribution in [0.2, 0.25) is 0 Å². The molecule has 0 spiro atoms. The number of benzene rings is 1. The van der Waals surface area contributed by atoms with Crippen LogP contribution >= 0.6 is 23.2 Å². The van der Waals surface area contributed by atoms with Gasteiger partial charge >= 0.3 is 6.09 Å². The third-order valence-corrected chi connectivity index (χ3v) is 4.69. The zero-order valence-electron chi connectivity index (χ0n) is 10.6. The lowest BCUT2D eigenvalue weighted by molar-refractivity contribution is -0.133. The molecule has 0 unspecified atom stereocenters. The number of halogens is 2. The Hall–Kier alpha value is -1.26. The second kappa shape index (κ2) is 4.93. The van der Waals surface area contributed by atoms with Crippen molar-refractivity contribution >= 4 is 35.1 Å². The van der Waals surface area contributed by atoms with Crippen LogP contribution < -0.4 is 0 Å². The summed E-state index contributed by atoms with van der Waals surface area (Å²) in [5.41, 5.74) is 0.907. The monoisotopic (exact) mass is 313 g/mol. The van der Waals surface area contributed by atoms with Crippen molar-refractivity contribution in [3.8, 4) is 0 Å². The molecule has 6 heteroatoms. The van der Waals surface area contributed by atoms with Gasteiger partial charge in [0.05, 0.1) is 6.04 Å². The first-order valence-corrected chi connectivity index (χ1v) is 7.17. The van der Waals surface area contributed by atoms with E-state index in [4.69, 9.17) is 27.9 Å². The molecule has 2 aliphatic rings. The van der Waals surface area contributed by atoms with Crippen LogP contribution in [0.4, 0.5) is 4.79 Å². The molecule has 1 heterocycles. The molecular weight excluding hydrogens is 301 g/mol. The largest absolute Gasteiger partial charge is 0.445 e. The predicted octanol–water partition coefficient (Wildman–Crippen LogP) is 2.77. The van der Waals surface area contributed by atoms with Crippen LogP contribution in [0.25, 0.3) is 0 Å². The number of likely N-dealkylation sites (tertiary alicyclic amines) is 1. The zero-order valence-corrected chi connectivity index (χ0v) is 12.1. The molecule has 1 saturated heterocycles. The van der Waals surface area contributed by atoms with Gasteiger partial charge in [-0.2, -0.15) is 0 Å². The first-order valence-electron chi connectivity index (χ1n) is 6.41. The molecule has 0 radical (unpaired) electrons. The number of ether oxygens (including phenoxy) is 1. The van der Waals surface area contributed by atoms with E-state index in [2.05, 4.69) is 0 Å². The first-order chi connectivity index (χ1) is 9.51. The molecule has 106 valence electrons. The molecule has 3 rings (SSSR count). The number of ketones is 1. The quantitative estimate of drug-likeness (QED) is 0.789. The summed E-state index contributed by atoms with van der Waals surface area (Å²) in [6.07, 6.45) is 0.130. The fraction of sp³-hybridized carbons (Fsp3) is 0.429. The lowest BCUT2D eigenvalue weighted by atomic mass is 9.77. The summed E-state index contributed by atoms with van der Waals surface area (Å²) >= 11 is 12.0. The molecule has 1 aromatic carbocycles. The maximum atomic E-state index is 12.1. The van der Waals surface area contributed by atoms with Crippen molar-refractivity contribution in [2.75, 3.05) is 6.54 Å². The number of carbonyl (C=O) groups excluding carboxylic acids is 2. The molecule has 1 aromatic rings. The molecule has 1 saturated carbocycles. The minimum absolute atomic E-state index is 0.191. The van der Waals surface area contributed by atoms with Gasteiger partial charge in [0.1, 0.15) is 6.61 Å². The molecule has 1 aliphatic carbocycles. The maximum absolute atomic E-state index is 12.1. The van der Waals surface area contributed by atoms with Gasteiger partial charge in [-0.25, -0.2) is 4.79 Å². The number of alkyl halides is 2. The van der Waals surface area contributed by atoms with E-state index < -0.39 is 16.5 Å². The molecule has 4 nitrogen and oxygen atoms in total. The van der Waals surface area contributed by atoms with Gasteiger partial charge in [0, 0.05) is 12.5 Å². The third-order valence-electron chi connectivity index (χ3n) is 3.87. The van der Waals surface area contributed by atoms with Crippen LogP contribution in [0.1, 0.15) is 12.0 Å². The molecular formula is C14H13Cl2NO3. The van der Waals surface area contributed by atoms with E-state index in [0.717, 1.165) is 5.56 Å². The first kappa shape index (κ1) is 13.7. The summed E-state index contributed by atoms with van der Waals surface area (Å²) < 4.78 is 3.77. The van der Waals surface area contributed by atoms with E-state index in [9.17, 15) is 9.59 Å². The SMILES string of the molecule is O=C(OCc1ccccc1)N1CC[C@H]2C(=O)C(Cl)(Cl)[C@H]21. The van der Waals surface area contributed by atoms with E-state index >= 15 is 0 Å². The summed E-state index contributed by atoms with van der Waals surface area (Å²) in [5.74, 6) is -0.432. The summed E-state index contributed by atoms with van der Waals surface area (Å²) in [6.45, 7) is 0.648. The van der Waals surface area contributed by atoms with Gasteiger partial charge in [-0.15, -0.1) is 0 Å². The molecule has 1 aliphatic heterocycles. The normalized spacial score (nSPS) is 26.9. The lowest BCUT2D eigenvalue weighted by Crippen LogP contribution is -2.64. The Kier molecular flexibility index (Phi) is 3.38. The topological polar surface area (TPSA) is 46.6 Å². The summed E-state index contributed by atoms with van der Waals surface area (Å²) in [4.78, 5) is 25.2. The highest BCUT2D eigenvalue weighted by Gasteiger charge is 2.66. The Morgan fingerprint density at radius 3 is 2.75 bits per heavy atom. The van der Waals surface area contributed by atoms with E-state index in [0.29, 0.717) is 13.0 Å². The van der Waals surface area contributed by atoms with Crippen LogP contribution in [-0.4, -0.2) is 33.7 Å². The van der Waals surface area contributed by atoms with Crippen molar-refractivity contribution < 1.29 is 14.3 Å². The van der Waals surface area contributed by atoms with Crippen LogP contribution in [0.5, 0.6) is 0 Å². The number of amides is 1. The maximum Gasteiger partial charge on any atom is 0.410 e. The molecule has 2 fully saturated rings. The average molecular weight is 314 g/mol. The standard InChI is InChI=1S/C14H13Cl2NO3/c15-14(16)11-10(12(14)18)6-7-17(11)13(19)20-8-9-4-2-1-3-5-9/h1-5,10-11H,6-8H2/t10-,11+/m1/s1. The number of carbonyl (C=O) groups is 2. The van der Waals surface area contributed by atoms with E-state index in [-0.39, 0.29) is 18.3 Å². The molecule has 0 aromatic heterocycles. The average Bonchev–Trinajstić information content (AvgIpc) is 2.88. The second-order valence-electron chi connectivity index (χ2n) is 5.06. The van der Waals surface area contributed by atoms with Crippen LogP contribution in [-0.2, 0) is 16.1 Å². The third kappa shape index (κ3) is 2.07.